The Hall–Kier alpha value is -6.11. The Morgan fingerprint density at radius 3 is 1.07 bits per heavy atom. The number of hydrogen-bond donors (Lipinski definition) is 0. The number of rotatable bonds is 6. The summed E-state index contributed by atoms with van der Waals surface area (Å²) in [7, 11) is -3.63. The highest BCUT2D eigenvalue weighted by Crippen LogP contribution is 2.36. The van der Waals surface area contributed by atoms with E-state index in [9.17, 15) is 17.6 Å². The second-order valence-electron chi connectivity index (χ2n) is 19.8. The van der Waals surface area contributed by atoms with Crippen molar-refractivity contribution in [2.24, 2.45) is 0 Å². The molecule has 1 aliphatic heterocycles. The molecule has 0 spiro atoms. The minimum Gasteiger partial charge on any atom is -0.204 e. The lowest BCUT2D eigenvalue weighted by atomic mass is 9.35. The van der Waals surface area contributed by atoms with Gasteiger partial charge in [-0.25, -0.2) is 79.0 Å². The predicted octanol–water partition coefficient (Wildman–Crippen LogP) is 9.77. The quantitative estimate of drug-likeness (QED) is 0.0675. The molecule has 0 aliphatic carbocycles. The number of benzene rings is 7. The van der Waals surface area contributed by atoms with Crippen LogP contribution in [0.2, 0.25) is 13.1 Å². The second-order valence-corrected chi connectivity index (χ2v) is 24.1. The van der Waals surface area contributed by atoms with Crippen molar-refractivity contribution in [3.8, 4) is 11.1 Å². The highest BCUT2D eigenvalue weighted by molar-refractivity contribution is 7.04. The van der Waals surface area contributed by atoms with Crippen LogP contribution in [0.1, 0.15) is 52.7 Å². The molecule has 0 atom stereocenters. The van der Waals surface area contributed by atoms with Gasteiger partial charge in [0.2, 0.25) is 0 Å². The summed E-state index contributed by atoms with van der Waals surface area (Å²) in [5, 5.41) is 0.196. The minimum absolute atomic E-state index is 0.0548. The molecule has 7 aromatic carbocycles. The summed E-state index contributed by atoms with van der Waals surface area (Å²) in [6, 6.07) is 9.00. The van der Waals surface area contributed by atoms with E-state index >= 15 is 61.5 Å². The summed E-state index contributed by atoms with van der Waals surface area (Å²) >= 11 is 0. The Bertz CT molecular complexity index is 3370. The maximum atomic E-state index is 16.5. The van der Waals surface area contributed by atoms with Crippen molar-refractivity contribution in [2.45, 2.75) is 65.5 Å². The van der Waals surface area contributed by atoms with E-state index in [1.807, 2.05) is 0 Å². The smallest absolute Gasteiger partial charge is 0.204 e. The lowest BCUT2D eigenvalue weighted by molar-refractivity contribution is 0.384. The summed E-state index contributed by atoms with van der Waals surface area (Å²) in [4.78, 5) is 0. The van der Waals surface area contributed by atoms with Crippen LogP contribution in [-0.4, -0.2) is 21.5 Å². The first-order valence-corrected chi connectivity index (χ1v) is 24.3. The van der Waals surface area contributed by atoms with Crippen molar-refractivity contribution in [3.05, 3.63) is 164 Å². The molecule has 0 amide bonds. The largest absolute Gasteiger partial charge is 0.257 e. The first kappa shape index (κ1) is 51.2. The molecule has 0 bridgehead atoms. The molecular formula is C50H32B2F18Si. The summed E-state index contributed by atoms with van der Waals surface area (Å²) in [5.41, 5.74) is -14.1. The zero-order valence-electron chi connectivity index (χ0n) is 38.1. The molecule has 7 aromatic rings. The maximum absolute atomic E-state index is 16.5. The van der Waals surface area contributed by atoms with Gasteiger partial charge in [-0.3, -0.25) is 0 Å². The third kappa shape index (κ3) is 7.40. The van der Waals surface area contributed by atoms with Gasteiger partial charge in [0.05, 0.1) is 0 Å². The van der Waals surface area contributed by atoms with E-state index < -0.39 is 181 Å². The Morgan fingerprint density at radius 1 is 0.352 bits per heavy atom. The summed E-state index contributed by atoms with van der Waals surface area (Å²) in [6.07, 6.45) is 0. The molecule has 0 saturated carbocycles. The molecule has 21 heteroatoms. The fourth-order valence-electron chi connectivity index (χ4n) is 9.87. The standard InChI is InChI=1S/C50H32B2F18Si/c1-49(2,3)25-31(53)35(57)27(36(58)32(25)54)51(28-39(61)43(65)47(69)44(66)40(28)62)17-12-13-18-19-14-15-21(20-10-9-11-22(24(19)20)71(7,8)23(18)16-17)52(30-41(63)45(67)48(70)46(68)42(30)64)29-37(59)33(55)26(50(4,5)6)34(56)38(29)60/h9-16H,1-8H3. The topological polar surface area (TPSA) is 0 Å². The average Bonchev–Trinajstić information content (AvgIpc) is 3.30. The molecule has 0 saturated heterocycles. The Kier molecular flexibility index (Phi) is 12.3. The maximum Gasteiger partial charge on any atom is 0.257 e. The first-order chi connectivity index (χ1) is 32.8. The molecular weight excluding hydrogens is 992 g/mol. The van der Waals surface area contributed by atoms with Crippen LogP contribution in [0.15, 0.2) is 48.5 Å². The van der Waals surface area contributed by atoms with Crippen LogP contribution in [0.5, 0.6) is 0 Å². The molecule has 8 rings (SSSR count). The van der Waals surface area contributed by atoms with E-state index in [1.54, 1.807) is 13.1 Å². The van der Waals surface area contributed by atoms with Crippen molar-refractivity contribution in [2.75, 3.05) is 0 Å². The number of hydrogen-bond acceptors (Lipinski definition) is 0. The van der Waals surface area contributed by atoms with Gasteiger partial charge in [-0.15, -0.1) is 0 Å². The van der Waals surface area contributed by atoms with Crippen LogP contribution in [0.25, 0.3) is 21.9 Å². The van der Waals surface area contributed by atoms with Gasteiger partial charge in [0.15, 0.2) is 105 Å². The van der Waals surface area contributed by atoms with E-state index in [4.69, 9.17) is 0 Å². The summed E-state index contributed by atoms with van der Waals surface area (Å²) < 4.78 is 282. The molecule has 0 aromatic heterocycles. The molecule has 0 radical (unpaired) electrons. The van der Waals surface area contributed by atoms with Crippen molar-refractivity contribution in [3.63, 3.8) is 0 Å². The fraction of sp³-hybridized carbons (Fsp3) is 0.200. The van der Waals surface area contributed by atoms with Crippen molar-refractivity contribution >= 4 is 75.4 Å². The van der Waals surface area contributed by atoms with Crippen LogP contribution >= 0.6 is 0 Å². The first-order valence-electron chi connectivity index (χ1n) is 21.3. The van der Waals surface area contributed by atoms with Crippen LogP contribution in [-0.2, 0) is 10.8 Å². The lowest BCUT2D eigenvalue weighted by Crippen LogP contribution is -2.62. The number of fused-ring (bicyclic) bond motifs is 2. The normalized spacial score (nSPS) is 13.3. The SMILES string of the molecule is CC(C)(C)c1c(F)c(F)c(B(c2ccc3c(c2)[Si](C)(C)c2cccc4c(B(c5c(F)c(F)c(F)c(F)c5F)c5c(F)c(F)c(C(C)(C)C)c(F)c5F)ccc-3c24)c2c(F)c(F)c(F)c(F)c2F)c(F)c1F. The van der Waals surface area contributed by atoms with Crippen molar-refractivity contribution in [1.82, 2.24) is 0 Å². The average molecular weight is 1020 g/mol. The molecule has 0 fully saturated rings. The second kappa shape index (κ2) is 17.0. The van der Waals surface area contributed by atoms with E-state index in [1.165, 1.54) is 59.7 Å². The Morgan fingerprint density at radius 2 is 0.690 bits per heavy atom. The highest BCUT2D eigenvalue weighted by atomic mass is 28.3. The Balaban J connectivity index is 1.46. The molecule has 1 aliphatic rings. The molecule has 368 valence electrons. The highest BCUT2D eigenvalue weighted by Gasteiger charge is 2.46. The third-order valence-electron chi connectivity index (χ3n) is 13.1. The van der Waals surface area contributed by atoms with Gasteiger partial charge in [-0.05, 0) is 43.1 Å². The third-order valence-corrected chi connectivity index (χ3v) is 16.7. The fourth-order valence-corrected chi connectivity index (χ4v) is 13.0. The van der Waals surface area contributed by atoms with Crippen molar-refractivity contribution < 1.29 is 79.0 Å². The van der Waals surface area contributed by atoms with Gasteiger partial charge in [0.1, 0.15) is 8.07 Å². The van der Waals surface area contributed by atoms with Gasteiger partial charge in [0.25, 0.3) is 13.4 Å². The van der Waals surface area contributed by atoms with Crippen LogP contribution in [0.3, 0.4) is 0 Å². The number of halogens is 18. The van der Waals surface area contributed by atoms with E-state index in [0.717, 1.165) is 30.3 Å². The van der Waals surface area contributed by atoms with E-state index in [2.05, 4.69) is 0 Å². The lowest BCUT2D eigenvalue weighted by Gasteiger charge is -2.35. The van der Waals surface area contributed by atoms with Crippen molar-refractivity contribution in [1.29, 1.82) is 0 Å². The minimum atomic E-state index is -3.63. The molecule has 71 heavy (non-hydrogen) atoms. The van der Waals surface area contributed by atoms with Gasteiger partial charge in [0, 0.05) is 33.0 Å². The summed E-state index contributed by atoms with van der Waals surface area (Å²) in [6.45, 7) is 4.53. The zero-order valence-corrected chi connectivity index (χ0v) is 39.1. The monoisotopic (exact) mass is 1020 g/mol. The summed E-state index contributed by atoms with van der Waals surface area (Å²) in [5.74, 6) is -43.1. The zero-order chi connectivity index (χ0) is 52.8. The van der Waals surface area contributed by atoms with Crippen LogP contribution in [0.4, 0.5) is 79.0 Å². The van der Waals surface area contributed by atoms with Gasteiger partial charge in [-0.2, -0.15) is 0 Å². The molecule has 0 N–H and O–H groups in total. The molecule has 0 nitrogen and oxygen atoms in total. The predicted molar refractivity (Wildman–Crippen MR) is 238 cm³/mol. The molecule has 1 heterocycles. The van der Waals surface area contributed by atoms with Gasteiger partial charge in [-0.1, -0.05) is 114 Å². The van der Waals surface area contributed by atoms with Crippen LogP contribution in [0, 0.1) is 105 Å². The van der Waals surface area contributed by atoms with Crippen LogP contribution < -0.4 is 43.2 Å². The Labute approximate surface area is 394 Å². The van der Waals surface area contributed by atoms with Gasteiger partial charge >= 0.3 is 0 Å². The van der Waals surface area contributed by atoms with E-state index in [-0.39, 0.29) is 32.3 Å². The van der Waals surface area contributed by atoms with Gasteiger partial charge < -0.3 is 0 Å². The molecule has 0 unspecified atom stereocenters. The van der Waals surface area contributed by atoms with E-state index in [0.29, 0.717) is 0 Å².